The van der Waals surface area contributed by atoms with Gasteiger partial charge in [-0.3, -0.25) is 14.4 Å². The highest BCUT2D eigenvalue weighted by atomic mass is 19.4. The molecule has 1 heterocycles. The molecule has 0 atom stereocenters. The fourth-order valence-electron chi connectivity index (χ4n) is 1.18. The Labute approximate surface area is 87.1 Å². The van der Waals surface area contributed by atoms with Crippen LogP contribution in [0.2, 0.25) is 0 Å². The molecule has 0 saturated carbocycles. The summed E-state index contributed by atoms with van der Waals surface area (Å²) in [7, 11) is 0. The molecule has 0 aliphatic carbocycles. The van der Waals surface area contributed by atoms with Crippen molar-refractivity contribution < 1.29 is 22.8 Å². The normalized spacial score (nSPS) is 11.5. The molecule has 1 rings (SSSR count). The van der Waals surface area contributed by atoms with Gasteiger partial charge in [0.25, 0.3) is 5.56 Å². The van der Waals surface area contributed by atoms with Gasteiger partial charge in [-0.25, -0.2) is 9.36 Å². The maximum absolute atomic E-state index is 12.3. The van der Waals surface area contributed by atoms with E-state index in [1.807, 2.05) is 0 Å². The number of nitrogens with zero attached hydrogens (tertiary/aromatic N) is 2. The fraction of sp³-hybridized carbons (Fsp3) is 0.375. The number of hydrogen-bond donors (Lipinski definition) is 0. The first kappa shape index (κ1) is 12.2. The quantitative estimate of drug-likeness (QED) is 0.709. The van der Waals surface area contributed by atoms with E-state index >= 15 is 0 Å². The third-order valence-corrected chi connectivity index (χ3v) is 1.78. The summed E-state index contributed by atoms with van der Waals surface area (Å²) in [5, 5.41) is 0. The number of carbonyl (C=O) groups is 2. The Bertz CT molecular complexity index is 484. The lowest BCUT2D eigenvalue weighted by atomic mass is 10.4. The zero-order valence-electron chi connectivity index (χ0n) is 8.11. The lowest BCUT2D eigenvalue weighted by Gasteiger charge is -2.09. The van der Waals surface area contributed by atoms with Gasteiger partial charge in [-0.1, -0.05) is 0 Å². The molecule has 0 fully saturated rings. The Balaban J connectivity index is 3.41. The summed E-state index contributed by atoms with van der Waals surface area (Å²) >= 11 is 0. The van der Waals surface area contributed by atoms with Crippen molar-refractivity contribution in [2.24, 2.45) is 0 Å². The standard InChI is InChI=1S/C8H7F3N2O3/c1-5(15)3-12-7(16)2-6(8(9,10)11)13(12)4-14/h2,4H,3H2,1H3. The molecule has 1 aromatic heterocycles. The molecular weight excluding hydrogens is 229 g/mol. The Hall–Kier alpha value is -1.86. The highest BCUT2D eigenvalue weighted by molar-refractivity contribution is 5.75. The molecular formula is C8H7F3N2O3. The van der Waals surface area contributed by atoms with Gasteiger partial charge in [0, 0.05) is 6.07 Å². The van der Waals surface area contributed by atoms with Crippen LogP contribution in [-0.2, 0) is 22.3 Å². The highest BCUT2D eigenvalue weighted by Gasteiger charge is 2.36. The van der Waals surface area contributed by atoms with Crippen LogP contribution in [0.25, 0.3) is 0 Å². The molecule has 5 nitrogen and oxygen atoms in total. The summed E-state index contributed by atoms with van der Waals surface area (Å²) in [6.45, 7) is 0.523. The number of aromatic nitrogens is 2. The Morgan fingerprint density at radius 3 is 2.44 bits per heavy atom. The van der Waals surface area contributed by atoms with Crippen molar-refractivity contribution >= 4 is 12.2 Å². The molecule has 0 radical (unpaired) electrons. The number of halogens is 3. The molecule has 16 heavy (non-hydrogen) atoms. The summed E-state index contributed by atoms with van der Waals surface area (Å²) in [4.78, 5) is 32.3. The molecule has 8 heteroatoms. The number of rotatable bonds is 3. The first-order valence-corrected chi connectivity index (χ1v) is 4.11. The maximum Gasteiger partial charge on any atom is 0.433 e. The van der Waals surface area contributed by atoms with E-state index in [1.54, 1.807) is 0 Å². The molecule has 0 aliphatic rings. The SMILES string of the molecule is CC(=O)Cn1c(=O)cc(C(F)(F)F)n1C=O. The van der Waals surface area contributed by atoms with Crippen molar-refractivity contribution in [3.63, 3.8) is 0 Å². The second kappa shape index (κ2) is 3.95. The minimum Gasteiger partial charge on any atom is -0.298 e. The van der Waals surface area contributed by atoms with Gasteiger partial charge in [-0.2, -0.15) is 13.2 Å². The predicted octanol–water partition coefficient (Wildman–Crippen LogP) is 0.296. The molecule has 0 spiro atoms. The van der Waals surface area contributed by atoms with Crippen molar-refractivity contribution in [1.82, 2.24) is 9.36 Å². The second-order valence-electron chi connectivity index (χ2n) is 3.08. The summed E-state index contributed by atoms with van der Waals surface area (Å²) in [5.74, 6) is -0.531. The van der Waals surface area contributed by atoms with Crippen molar-refractivity contribution in [2.45, 2.75) is 19.6 Å². The average Bonchev–Trinajstić information content (AvgIpc) is 2.42. The first-order chi connectivity index (χ1) is 7.27. The lowest BCUT2D eigenvalue weighted by molar-refractivity contribution is -0.143. The van der Waals surface area contributed by atoms with Crippen molar-refractivity contribution in [1.29, 1.82) is 0 Å². The zero-order chi connectivity index (χ0) is 12.5. The summed E-state index contributed by atoms with van der Waals surface area (Å²) in [6.07, 6.45) is -4.98. The molecule has 0 N–H and O–H groups in total. The van der Waals surface area contributed by atoms with E-state index in [4.69, 9.17) is 0 Å². The smallest absolute Gasteiger partial charge is 0.298 e. The zero-order valence-corrected chi connectivity index (χ0v) is 8.11. The van der Waals surface area contributed by atoms with E-state index in [1.165, 1.54) is 0 Å². The number of ketones is 1. The van der Waals surface area contributed by atoms with Crippen molar-refractivity contribution in [2.75, 3.05) is 0 Å². The monoisotopic (exact) mass is 236 g/mol. The molecule has 0 aliphatic heterocycles. The molecule has 1 aromatic rings. The van der Waals surface area contributed by atoms with Gasteiger partial charge in [0.2, 0.25) is 6.41 Å². The summed E-state index contributed by atoms with van der Waals surface area (Å²) < 4.78 is 37.6. The van der Waals surface area contributed by atoms with Crippen LogP contribution in [-0.4, -0.2) is 21.6 Å². The second-order valence-corrected chi connectivity index (χ2v) is 3.08. The third-order valence-electron chi connectivity index (χ3n) is 1.78. The minimum atomic E-state index is -4.82. The molecule has 0 saturated heterocycles. The Kier molecular flexibility index (Phi) is 3.02. The van der Waals surface area contributed by atoms with Crippen LogP contribution in [0.5, 0.6) is 0 Å². The topological polar surface area (TPSA) is 61.1 Å². The third kappa shape index (κ3) is 2.20. The van der Waals surface area contributed by atoms with Crippen LogP contribution in [0, 0.1) is 0 Å². The van der Waals surface area contributed by atoms with Crippen LogP contribution in [0.4, 0.5) is 13.2 Å². The van der Waals surface area contributed by atoms with E-state index in [-0.39, 0.29) is 17.2 Å². The van der Waals surface area contributed by atoms with Crippen LogP contribution >= 0.6 is 0 Å². The van der Waals surface area contributed by atoms with Crippen LogP contribution in [0.3, 0.4) is 0 Å². The van der Waals surface area contributed by atoms with Gasteiger partial charge in [-0.05, 0) is 6.92 Å². The van der Waals surface area contributed by atoms with E-state index in [0.717, 1.165) is 6.92 Å². The van der Waals surface area contributed by atoms with E-state index in [9.17, 15) is 27.6 Å². The Morgan fingerprint density at radius 2 is 2.06 bits per heavy atom. The van der Waals surface area contributed by atoms with Gasteiger partial charge >= 0.3 is 6.18 Å². The summed E-state index contributed by atoms with van der Waals surface area (Å²) in [5.41, 5.74) is -2.44. The van der Waals surface area contributed by atoms with Gasteiger partial charge in [0.05, 0.1) is 0 Å². The summed E-state index contributed by atoms with van der Waals surface area (Å²) in [6, 6.07) is 0.275. The van der Waals surface area contributed by atoms with Crippen LogP contribution in [0.15, 0.2) is 10.9 Å². The van der Waals surface area contributed by atoms with E-state index in [0.29, 0.717) is 4.68 Å². The predicted molar refractivity (Wildman–Crippen MR) is 46.5 cm³/mol. The average molecular weight is 236 g/mol. The molecule has 0 amide bonds. The number of alkyl halides is 3. The highest BCUT2D eigenvalue weighted by Crippen LogP contribution is 2.27. The molecule has 0 unspecified atom stereocenters. The number of Topliss-reactive ketones (excluding diaryl/α,β-unsaturated/α-hetero) is 1. The first-order valence-electron chi connectivity index (χ1n) is 4.11. The van der Waals surface area contributed by atoms with E-state index in [2.05, 4.69) is 0 Å². The number of carbonyl (C=O) groups excluding carboxylic acids is 2. The lowest BCUT2D eigenvalue weighted by Crippen LogP contribution is -2.27. The van der Waals surface area contributed by atoms with E-state index < -0.39 is 29.8 Å². The molecule has 0 bridgehead atoms. The number of hydrogen-bond acceptors (Lipinski definition) is 3. The van der Waals surface area contributed by atoms with Crippen LogP contribution < -0.4 is 5.56 Å². The van der Waals surface area contributed by atoms with Gasteiger partial charge < -0.3 is 0 Å². The van der Waals surface area contributed by atoms with Crippen molar-refractivity contribution in [3.05, 3.63) is 22.1 Å². The van der Waals surface area contributed by atoms with Gasteiger partial charge in [0.1, 0.15) is 6.54 Å². The fourth-order valence-corrected chi connectivity index (χ4v) is 1.18. The Morgan fingerprint density at radius 1 is 1.50 bits per heavy atom. The molecule has 88 valence electrons. The molecule has 0 aromatic carbocycles. The largest absolute Gasteiger partial charge is 0.433 e. The van der Waals surface area contributed by atoms with Crippen LogP contribution in [0.1, 0.15) is 12.6 Å². The van der Waals surface area contributed by atoms with Gasteiger partial charge in [0.15, 0.2) is 11.5 Å². The van der Waals surface area contributed by atoms with Crippen molar-refractivity contribution in [3.8, 4) is 0 Å². The maximum atomic E-state index is 12.3. The van der Waals surface area contributed by atoms with Gasteiger partial charge in [-0.15, -0.1) is 0 Å². The minimum absolute atomic E-state index is 0.0870.